The lowest BCUT2D eigenvalue weighted by Gasteiger charge is -2.17. The van der Waals surface area contributed by atoms with Crippen molar-refractivity contribution in [3.63, 3.8) is 0 Å². The van der Waals surface area contributed by atoms with Crippen LogP contribution >= 0.6 is 11.6 Å². The maximum Gasteiger partial charge on any atom is 0.238 e. The minimum atomic E-state index is -0.0962. The molecule has 1 amide bonds. The lowest BCUT2D eigenvalue weighted by molar-refractivity contribution is -0.117. The molecule has 0 bridgehead atoms. The Kier molecular flexibility index (Phi) is 7.75. The van der Waals surface area contributed by atoms with E-state index in [1.165, 1.54) is 0 Å². The Balaban J connectivity index is 1.95. The molecule has 0 unspecified atom stereocenters. The summed E-state index contributed by atoms with van der Waals surface area (Å²) < 4.78 is 11.1. The van der Waals surface area contributed by atoms with Gasteiger partial charge in [-0.25, -0.2) is 0 Å². The smallest absolute Gasteiger partial charge is 0.238 e. The molecule has 0 heterocycles. The zero-order valence-corrected chi connectivity index (χ0v) is 16.2. The lowest BCUT2D eigenvalue weighted by atomic mass is 10.2. The standard InChI is InChI=1S/C20H25ClN2O3/c1-4-25-18-10-9-17(12-19(18)26-5-2)22-20(24)14-23(3)13-15-7-6-8-16(21)11-15/h6-12H,4-5,13-14H2,1-3H3,(H,22,24). The van der Waals surface area contributed by atoms with Crippen LogP contribution in [0.2, 0.25) is 5.02 Å². The number of carbonyl (C=O) groups excluding carboxylic acids is 1. The number of ether oxygens (including phenoxy) is 2. The minimum Gasteiger partial charge on any atom is -0.490 e. The first-order valence-corrected chi connectivity index (χ1v) is 9.02. The Morgan fingerprint density at radius 2 is 1.81 bits per heavy atom. The van der Waals surface area contributed by atoms with Crippen LogP contribution in [0.1, 0.15) is 19.4 Å². The SMILES string of the molecule is CCOc1ccc(NC(=O)CN(C)Cc2cccc(Cl)c2)cc1OCC. The number of benzene rings is 2. The fourth-order valence-electron chi connectivity index (χ4n) is 2.58. The second-order valence-electron chi connectivity index (χ2n) is 5.88. The highest BCUT2D eigenvalue weighted by atomic mass is 35.5. The highest BCUT2D eigenvalue weighted by molar-refractivity contribution is 6.30. The summed E-state index contributed by atoms with van der Waals surface area (Å²) in [5.74, 6) is 1.20. The zero-order valence-electron chi connectivity index (χ0n) is 15.4. The van der Waals surface area contributed by atoms with E-state index in [-0.39, 0.29) is 12.5 Å². The second kappa shape index (κ2) is 10.0. The van der Waals surface area contributed by atoms with Crippen LogP contribution < -0.4 is 14.8 Å². The van der Waals surface area contributed by atoms with Crippen LogP contribution in [-0.4, -0.2) is 37.6 Å². The van der Waals surface area contributed by atoms with Crippen molar-refractivity contribution in [3.8, 4) is 11.5 Å². The van der Waals surface area contributed by atoms with Gasteiger partial charge >= 0.3 is 0 Å². The molecule has 0 saturated carbocycles. The molecule has 0 aliphatic carbocycles. The summed E-state index contributed by atoms with van der Waals surface area (Å²) in [6, 6.07) is 13.0. The summed E-state index contributed by atoms with van der Waals surface area (Å²) in [6.45, 7) is 5.82. The van der Waals surface area contributed by atoms with Crippen LogP contribution in [0.25, 0.3) is 0 Å². The first kappa shape index (κ1) is 20.1. The van der Waals surface area contributed by atoms with Crippen LogP contribution in [0.5, 0.6) is 11.5 Å². The summed E-state index contributed by atoms with van der Waals surface area (Å²) in [7, 11) is 1.89. The molecule has 26 heavy (non-hydrogen) atoms. The van der Waals surface area contributed by atoms with E-state index >= 15 is 0 Å². The molecule has 2 aromatic carbocycles. The van der Waals surface area contributed by atoms with Crippen LogP contribution in [0.3, 0.4) is 0 Å². The molecular formula is C20H25ClN2O3. The van der Waals surface area contributed by atoms with Crippen LogP contribution in [0.4, 0.5) is 5.69 Å². The van der Waals surface area contributed by atoms with Crippen molar-refractivity contribution in [1.82, 2.24) is 4.90 Å². The molecule has 2 rings (SSSR count). The van der Waals surface area contributed by atoms with Gasteiger partial charge in [-0.15, -0.1) is 0 Å². The molecule has 0 aliphatic rings. The molecule has 0 saturated heterocycles. The van der Waals surface area contributed by atoms with Gasteiger partial charge in [-0.3, -0.25) is 9.69 Å². The maximum absolute atomic E-state index is 12.3. The lowest BCUT2D eigenvalue weighted by Crippen LogP contribution is -2.29. The first-order chi connectivity index (χ1) is 12.5. The van der Waals surface area contributed by atoms with E-state index in [1.54, 1.807) is 12.1 Å². The van der Waals surface area contributed by atoms with Gasteiger partial charge < -0.3 is 14.8 Å². The maximum atomic E-state index is 12.3. The number of halogens is 1. The van der Waals surface area contributed by atoms with Gasteiger partial charge in [0.2, 0.25) is 5.91 Å². The van der Waals surface area contributed by atoms with Gasteiger partial charge in [0, 0.05) is 23.3 Å². The van der Waals surface area contributed by atoms with Crippen molar-refractivity contribution < 1.29 is 14.3 Å². The fraction of sp³-hybridized carbons (Fsp3) is 0.350. The molecular weight excluding hydrogens is 352 g/mol. The van der Waals surface area contributed by atoms with Gasteiger partial charge in [-0.05, 0) is 50.7 Å². The van der Waals surface area contributed by atoms with E-state index in [4.69, 9.17) is 21.1 Å². The molecule has 0 fully saturated rings. The van der Waals surface area contributed by atoms with Gasteiger partial charge in [0.05, 0.1) is 19.8 Å². The third-order valence-electron chi connectivity index (χ3n) is 3.58. The van der Waals surface area contributed by atoms with E-state index in [0.717, 1.165) is 5.56 Å². The zero-order chi connectivity index (χ0) is 18.9. The van der Waals surface area contributed by atoms with Crippen molar-refractivity contribution in [3.05, 3.63) is 53.1 Å². The number of anilines is 1. The third-order valence-corrected chi connectivity index (χ3v) is 3.82. The molecule has 6 heteroatoms. The minimum absolute atomic E-state index is 0.0962. The second-order valence-corrected chi connectivity index (χ2v) is 6.31. The Labute approximate surface area is 159 Å². The molecule has 1 N–H and O–H groups in total. The summed E-state index contributed by atoms with van der Waals surface area (Å²) in [5, 5.41) is 3.59. The molecule has 140 valence electrons. The molecule has 0 atom stereocenters. The summed E-state index contributed by atoms with van der Waals surface area (Å²) in [6.07, 6.45) is 0. The largest absolute Gasteiger partial charge is 0.490 e. The monoisotopic (exact) mass is 376 g/mol. The highest BCUT2D eigenvalue weighted by Crippen LogP contribution is 2.30. The van der Waals surface area contributed by atoms with Crippen LogP contribution in [-0.2, 0) is 11.3 Å². The fourth-order valence-corrected chi connectivity index (χ4v) is 2.79. The van der Waals surface area contributed by atoms with Gasteiger partial charge in [0.15, 0.2) is 11.5 Å². The van der Waals surface area contributed by atoms with Crippen molar-refractivity contribution >= 4 is 23.2 Å². The topological polar surface area (TPSA) is 50.8 Å². The Bertz CT molecular complexity index is 737. The highest BCUT2D eigenvalue weighted by Gasteiger charge is 2.11. The van der Waals surface area contributed by atoms with Crippen molar-refractivity contribution in [2.45, 2.75) is 20.4 Å². The molecule has 0 spiro atoms. The molecule has 0 radical (unpaired) electrons. The van der Waals surface area contributed by atoms with Crippen LogP contribution in [0, 0.1) is 0 Å². The predicted molar refractivity (Wildman–Crippen MR) is 105 cm³/mol. The molecule has 0 aliphatic heterocycles. The summed E-state index contributed by atoms with van der Waals surface area (Å²) >= 11 is 6.00. The van der Waals surface area contributed by atoms with E-state index in [2.05, 4.69) is 5.32 Å². The first-order valence-electron chi connectivity index (χ1n) is 8.64. The molecule has 2 aromatic rings. The average Bonchev–Trinajstić information content (AvgIpc) is 2.57. The number of nitrogens with one attached hydrogen (secondary N) is 1. The summed E-state index contributed by atoms with van der Waals surface area (Å²) in [4.78, 5) is 14.2. The van der Waals surface area contributed by atoms with E-state index < -0.39 is 0 Å². The number of likely N-dealkylation sites (N-methyl/N-ethyl adjacent to an activating group) is 1. The van der Waals surface area contributed by atoms with E-state index in [9.17, 15) is 4.79 Å². The average molecular weight is 377 g/mol. The van der Waals surface area contributed by atoms with Gasteiger partial charge in [-0.2, -0.15) is 0 Å². The summed E-state index contributed by atoms with van der Waals surface area (Å²) in [5.41, 5.74) is 1.74. The number of hydrogen-bond donors (Lipinski definition) is 1. The van der Waals surface area contributed by atoms with Gasteiger partial charge in [-0.1, -0.05) is 23.7 Å². The van der Waals surface area contributed by atoms with Crippen molar-refractivity contribution in [2.75, 3.05) is 32.1 Å². The molecule has 0 aromatic heterocycles. The van der Waals surface area contributed by atoms with Gasteiger partial charge in [0.25, 0.3) is 0 Å². The predicted octanol–water partition coefficient (Wildman–Crippen LogP) is 4.21. The van der Waals surface area contributed by atoms with Crippen LogP contribution in [0.15, 0.2) is 42.5 Å². The quantitative estimate of drug-likeness (QED) is 0.712. The number of hydrogen-bond acceptors (Lipinski definition) is 4. The Morgan fingerprint density at radius 3 is 2.50 bits per heavy atom. The van der Waals surface area contributed by atoms with Crippen molar-refractivity contribution in [2.24, 2.45) is 0 Å². The number of nitrogens with zero attached hydrogens (tertiary/aromatic N) is 1. The number of rotatable bonds is 9. The third kappa shape index (κ3) is 6.24. The Hall–Kier alpha value is -2.24. The normalized spacial score (nSPS) is 10.7. The van der Waals surface area contributed by atoms with E-state index in [0.29, 0.717) is 42.0 Å². The van der Waals surface area contributed by atoms with Crippen molar-refractivity contribution in [1.29, 1.82) is 0 Å². The van der Waals surface area contributed by atoms with Gasteiger partial charge in [0.1, 0.15) is 0 Å². The Morgan fingerprint density at radius 1 is 1.08 bits per heavy atom. The van der Waals surface area contributed by atoms with E-state index in [1.807, 2.05) is 56.1 Å². The molecule has 5 nitrogen and oxygen atoms in total. The number of amides is 1. The number of carbonyl (C=O) groups is 1.